The predicted molar refractivity (Wildman–Crippen MR) is 80.0 cm³/mol. The third-order valence-corrected chi connectivity index (χ3v) is 2.77. The van der Waals surface area contributed by atoms with Crippen LogP contribution in [0, 0.1) is 18.8 Å². The van der Waals surface area contributed by atoms with Crippen molar-refractivity contribution in [3.8, 4) is 17.6 Å². The highest BCUT2D eigenvalue weighted by Crippen LogP contribution is 2.19. The molecular weight excluding hydrogens is 260 g/mol. The number of alkyl halides is 1. The zero-order chi connectivity index (χ0) is 13.9. The van der Waals surface area contributed by atoms with Crippen molar-refractivity contribution >= 4 is 11.6 Å². The minimum absolute atomic E-state index is 0.562. The van der Waals surface area contributed by atoms with E-state index in [4.69, 9.17) is 21.1 Å². The van der Waals surface area contributed by atoms with Crippen molar-refractivity contribution in [2.24, 2.45) is 0 Å². The van der Waals surface area contributed by atoms with Crippen LogP contribution < -0.4 is 4.74 Å². The van der Waals surface area contributed by atoms with Crippen LogP contribution in [0.5, 0.6) is 5.75 Å². The number of ether oxygens (including phenoxy) is 2. The predicted octanol–water partition coefficient (Wildman–Crippen LogP) is 3.78. The Morgan fingerprint density at radius 3 is 2.74 bits per heavy atom. The molecule has 0 spiro atoms. The van der Waals surface area contributed by atoms with Gasteiger partial charge in [-0.25, -0.2) is 0 Å². The molecule has 0 amide bonds. The molecule has 0 fully saturated rings. The van der Waals surface area contributed by atoms with Crippen molar-refractivity contribution in [1.29, 1.82) is 0 Å². The molecule has 104 valence electrons. The maximum atomic E-state index is 5.78. The summed E-state index contributed by atoms with van der Waals surface area (Å²) in [5.41, 5.74) is 2.12. The van der Waals surface area contributed by atoms with Gasteiger partial charge in [-0.05, 0) is 37.5 Å². The number of hydrogen-bond acceptors (Lipinski definition) is 2. The first-order chi connectivity index (χ1) is 9.27. The summed E-state index contributed by atoms with van der Waals surface area (Å²) in [4.78, 5) is 0. The molecule has 0 atom stereocenters. The molecule has 0 bridgehead atoms. The lowest BCUT2D eigenvalue weighted by Crippen LogP contribution is -2.01. The molecule has 0 aliphatic rings. The third-order valence-electron chi connectivity index (χ3n) is 2.58. The molecule has 0 aromatic heterocycles. The van der Waals surface area contributed by atoms with Crippen molar-refractivity contribution in [1.82, 2.24) is 0 Å². The molecule has 0 saturated heterocycles. The number of methoxy groups -OCH3 is 1. The van der Waals surface area contributed by atoms with Crippen LogP contribution in [0.25, 0.3) is 0 Å². The van der Waals surface area contributed by atoms with Crippen molar-refractivity contribution < 1.29 is 9.47 Å². The van der Waals surface area contributed by atoms with Crippen LogP contribution in [-0.4, -0.2) is 26.2 Å². The van der Waals surface area contributed by atoms with Crippen LogP contribution in [0.1, 0.15) is 30.4 Å². The number of rotatable bonds is 7. The highest BCUT2D eigenvalue weighted by atomic mass is 35.5. The summed E-state index contributed by atoms with van der Waals surface area (Å²) in [6, 6.07) is 6.07. The van der Waals surface area contributed by atoms with E-state index in [0.29, 0.717) is 18.9 Å². The van der Waals surface area contributed by atoms with Crippen LogP contribution >= 0.6 is 11.6 Å². The summed E-state index contributed by atoms with van der Waals surface area (Å²) in [7, 11) is 1.71. The molecule has 3 heteroatoms. The van der Waals surface area contributed by atoms with E-state index in [9.17, 15) is 0 Å². The molecule has 0 unspecified atom stereocenters. The Morgan fingerprint density at radius 2 is 2.00 bits per heavy atom. The number of hydrogen-bond donors (Lipinski definition) is 0. The van der Waals surface area contributed by atoms with E-state index in [-0.39, 0.29) is 0 Å². The van der Waals surface area contributed by atoms with Gasteiger partial charge in [-0.1, -0.05) is 17.9 Å². The van der Waals surface area contributed by atoms with Gasteiger partial charge in [0.05, 0.1) is 12.2 Å². The van der Waals surface area contributed by atoms with Gasteiger partial charge in [0, 0.05) is 26.0 Å². The minimum atomic E-state index is 0.562. The number of benzene rings is 1. The van der Waals surface area contributed by atoms with Gasteiger partial charge in [0.1, 0.15) is 5.75 Å². The fourth-order valence-corrected chi connectivity index (χ4v) is 1.70. The zero-order valence-electron chi connectivity index (χ0n) is 11.7. The van der Waals surface area contributed by atoms with Crippen LogP contribution in [0.2, 0.25) is 0 Å². The Hall–Kier alpha value is -1.17. The van der Waals surface area contributed by atoms with Crippen molar-refractivity contribution in [2.45, 2.75) is 26.2 Å². The summed E-state index contributed by atoms with van der Waals surface area (Å²) >= 11 is 5.63. The van der Waals surface area contributed by atoms with E-state index >= 15 is 0 Å². The first-order valence-corrected chi connectivity index (χ1v) is 7.08. The summed E-state index contributed by atoms with van der Waals surface area (Å²) in [6.45, 7) is 3.52. The second kappa shape index (κ2) is 9.72. The average molecular weight is 281 g/mol. The maximum absolute atomic E-state index is 5.78. The molecule has 0 heterocycles. The quantitative estimate of drug-likeness (QED) is 0.430. The minimum Gasteiger partial charge on any atom is -0.492 e. The van der Waals surface area contributed by atoms with Crippen LogP contribution in [-0.2, 0) is 4.74 Å². The molecule has 0 N–H and O–H groups in total. The lowest BCUT2D eigenvalue weighted by atomic mass is 10.1. The Bertz CT molecular complexity index is 432. The molecule has 0 saturated carbocycles. The van der Waals surface area contributed by atoms with Gasteiger partial charge in [0.2, 0.25) is 0 Å². The molecule has 0 radical (unpaired) electrons. The Balaban J connectivity index is 2.59. The molecule has 1 aromatic carbocycles. The molecule has 2 nitrogen and oxygen atoms in total. The molecule has 1 aromatic rings. The summed E-state index contributed by atoms with van der Waals surface area (Å²) in [5.74, 6) is 7.58. The Labute approximate surface area is 121 Å². The van der Waals surface area contributed by atoms with Crippen LogP contribution in [0.3, 0.4) is 0 Å². The van der Waals surface area contributed by atoms with Gasteiger partial charge in [-0.15, -0.1) is 11.6 Å². The second-order valence-corrected chi connectivity index (χ2v) is 4.67. The molecule has 1 rings (SSSR count). The van der Waals surface area contributed by atoms with E-state index in [1.807, 2.05) is 18.2 Å². The largest absolute Gasteiger partial charge is 0.492 e. The standard InChI is InChI=1S/C16H21ClO2/c1-14-8-9-16(19-12-6-5-11-18-2)15(13-14)7-3-4-10-17/h8-9,13H,4-6,10-12H2,1-2H3. The van der Waals surface area contributed by atoms with Gasteiger partial charge in [0.15, 0.2) is 0 Å². The van der Waals surface area contributed by atoms with E-state index in [1.165, 1.54) is 5.56 Å². The lowest BCUT2D eigenvalue weighted by Gasteiger charge is -2.09. The van der Waals surface area contributed by atoms with Gasteiger partial charge >= 0.3 is 0 Å². The average Bonchev–Trinajstić information content (AvgIpc) is 2.41. The number of aryl methyl sites for hydroxylation is 1. The van der Waals surface area contributed by atoms with Gasteiger partial charge < -0.3 is 9.47 Å². The first-order valence-electron chi connectivity index (χ1n) is 6.55. The molecule has 19 heavy (non-hydrogen) atoms. The maximum Gasteiger partial charge on any atom is 0.134 e. The van der Waals surface area contributed by atoms with Crippen molar-refractivity contribution in [3.05, 3.63) is 29.3 Å². The highest BCUT2D eigenvalue weighted by molar-refractivity contribution is 6.18. The summed E-state index contributed by atoms with van der Waals surface area (Å²) in [6.07, 6.45) is 2.69. The normalized spacial score (nSPS) is 9.84. The third kappa shape index (κ3) is 6.52. The molecule has 0 aliphatic heterocycles. The Kier molecular flexibility index (Phi) is 8.13. The van der Waals surface area contributed by atoms with Gasteiger partial charge in [-0.3, -0.25) is 0 Å². The van der Waals surface area contributed by atoms with E-state index in [2.05, 4.69) is 18.8 Å². The fourth-order valence-electron chi connectivity index (χ4n) is 1.60. The van der Waals surface area contributed by atoms with Crippen molar-refractivity contribution in [3.63, 3.8) is 0 Å². The van der Waals surface area contributed by atoms with Crippen molar-refractivity contribution in [2.75, 3.05) is 26.2 Å². The summed E-state index contributed by atoms with van der Waals surface area (Å²) < 4.78 is 10.8. The molecule has 0 aliphatic carbocycles. The van der Waals surface area contributed by atoms with Crippen LogP contribution in [0.4, 0.5) is 0 Å². The lowest BCUT2D eigenvalue weighted by molar-refractivity contribution is 0.184. The SMILES string of the molecule is COCCCCOc1ccc(C)cc1C#CCCCl. The monoisotopic (exact) mass is 280 g/mol. The topological polar surface area (TPSA) is 18.5 Å². The second-order valence-electron chi connectivity index (χ2n) is 4.29. The zero-order valence-corrected chi connectivity index (χ0v) is 12.4. The number of unbranched alkanes of at least 4 members (excludes halogenated alkanes) is 1. The van der Waals surface area contributed by atoms with E-state index in [0.717, 1.165) is 30.8 Å². The Morgan fingerprint density at radius 1 is 1.21 bits per heavy atom. The summed E-state index contributed by atoms with van der Waals surface area (Å²) in [5, 5.41) is 0. The first kappa shape index (κ1) is 15.9. The van der Waals surface area contributed by atoms with E-state index < -0.39 is 0 Å². The fraction of sp³-hybridized carbons (Fsp3) is 0.500. The van der Waals surface area contributed by atoms with Gasteiger partial charge in [-0.2, -0.15) is 0 Å². The van der Waals surface area contributed by atoms with Crippen LogP contribution in [0.15, 0.2) is 18.2 Å². The highest BCUT2D eigenvalue weighted by Gasteiger charge is 2.01. The molecular formula is C16H21ClO2. The number of halogens is 1. The smallest absolute Gasteiger partial charge is 0.134 e. The van der Waals surface area contributed by atoms with Gasteiger partial charge in [0.25, 0.3) is 0 Å². The van der Waals surface area contributed by atoms with E-state index in [1.54, 1.807) is 7.11 Å².